The van der Waals surface area contributed by atoms with Gasteiger partial charge in [0.25, 0.3) is 0 Å². The molecule has 0 unspecified atom stereocenters. The summed E-state index contributed by atoms with van der Waals surface area (Å²) in [7, 11) is 0. The van der Waals surface area contributed by atoms with Crippen LogP contribution in [0, 0.1) is 17.8 Å². The lowest BCUT2D eigenvalue weighted by molar-refractivity contribution is 0.303. The highest BCUT2D eigenvalue weighted by atomic mass is 14.2. The first-order valence-electron chi connectivity index (χ1n) is 5.11. The highest BCUT2D eigenvalue weighted by Gasteiger charge is 2.12. The molecule has 11 heavy (non-hydrogen) atoms. The molecule has 0 saturated heterocycles. The van der Waals surface area contributed by atoms with Crippen molar-refractivity contribution in [2.24, 2.45) is 17.8 Å². The largest absolute Gasteiger partial charge is 0.0651 e. The Bertz CT molecular complexity index is 86.0. The minimum Gasteiger partial charge on any atom is -0.0651 e. The third-order valence-corrected chi connectivity index (χ3v) is 3.09. The van der Waals surface area contributed by atoms with Crippen molar-refractivity contribution in [2.45, 2.75) is 53.9 Å². The lowest BCUT2D eigenvalue weighted by atomic mass is 9.85. The van der Waals surface area contributed by atoms with Crippen molar-refractivity contribution >= 4 is 0 Å². The summed E-state index contributed by atoms with van der Waals surface area (Å²) in [5.74, 6) is 2.73. The Labute approximate surface area is 72.4 Å². The van der Waals surface area contributed by atoms with Crippen LogP contribution >= 0.6 is 0 Å². The molecule has 0 heterocycles. The molecule has 68 valence electrons. The monoisotopic (exact) mass is 156 g/mol. The van der Waals surface area contributed by atoms with E-state index in [1.807, 2.05) is 0 Å². The van der Waals surface area contributed by atoms with Crippen LogP contribution in [-0.2, 0) is 0 Å². The van der Waals surface area contributed by atoms with E-state index in [9.17, 15) is 0 Å². The Morgan fingerprint density at radius 1 is 0.818 bits per heavy atom. The fraction of sp³-hybridized carbons (Fsp3) is 1.00. The molecular weight excluding hydrogens is 132 g/mol. The predicted octanol–water partition coefficient (Wildman–Crippen LogP) is 4.10. The molecule has 0 amide bonds. The lowest BCUT2D eigenvalue weighted by Crippen LogP contribution is -2.10. The third-order valence-electron chi connectivity index (χ3n) is 3.09. The van der Waals surface area contributed by atoms with Crippen LogP contribution in [0.1, 0.15) is 53.9 Å². The van der Waals surface area contributed by atoms with Crippen LogP contribution in [0.3, 0.4) is 0 Å². The molecule has 0 nitrogen and oxygen atoms in total. The number of rotatable bonds is 5. The molecule has 0 rings (SSSR count). The van der Waals surface area contributed by atoms with Gasteiger partial charge in [0, 0.05) is 0 Å². The minimum atomic E-state index is 0.906. The van der Waals surface area contributed by atoms with Crippen LogP contribution in [0.2, 0.25) is 0 Å². The highest BCUT2D eigenvalue weighted by molar-refractivity contribution is 4.63. The molecule has 0 radical (unpaired) electrons. The van der Waals surface area contributed by atoms with Gasteiger partial charge < -0.3 is 0 Å². The highest BCUT2D eigenvalue weighted by Crippen LogP contribution is 2.23. The van der Waals surface area contributed by atoms with Crippen molar-refractivity contribution < 1.29 is 0 Å². The first-order valence-corrected chi connectivity index (χ1v) is 5.11. The van der Waals surface area contributed by atoms with Gasteiger partial charge in [0.05, 0.1) is 0 Å². The van der Waals surface area contributed by atoms with E-state index >= 15 is 0 Å². The van der Waals surface area contributed by atoms with Crippen LogP contribution in [0.25, 0.3) is 0 Å². The second kappa shape index (κ2) is 5.62. The Balaban J connectivity index is 3.58. The maximum atomic E-state index is 2.39. The van der Waals surface area contributed by atoms with Crippen LogP contribution in [0.4, 0.5) is 0 Å². The standard InChI is InChI=1S/C11H24/c1-6-9(3)8-11(5)10(4)7-2/h9-11H,6-8H2,1-5H3/t9-,10-,11-/m0/s1. The molecule has 0 bridgehead atoms. The minimum absolute atomic E-state index is 0.906. The summed E-state index contributed by atoms with van der Waals surface area (Å²) in [6.45, 7) is 11.7. The van der Waals surface area contributed by atoms with E-state index in [1.165, 1.54) is 19.3 Å². The normalized spacial score (nSPS) is 19.4. The van der Waals surface area contributed by atoms with Gasteiger partial charge in [0.2, 0.25) is 0 Å². The van der Waals surface area contributed by atoms with E-state index in [1.54, 1.807) is 0 Å². The van der Waals surface area contributed by atoms with Crippen molar-refractivity contribution in [3.05, 3.63) is 0 Å². The van der Waals surface area contributed by atoms with Gasteiger partial charge in [0.1, 0.15) is 0 Å². The molecule has 0 aromatic carbocycles. The maximum Gasteiger partial charge on any atom is -0.0415 e. The summed E-state index contributed by atoms with van der Waals surface area (Å²) < 4.78 is 0. The molecule has 3 atom stereocenters. The zero-order chi connectivity index (χ0) is 8.85. The van der Waals surface area contributed by atoms with Crippen LogP contribution < -0.4 is 0 Å². The summed E-state index contributed by atoms with van der Waals surface area (Å²) in [5, 5.41) is 0. The molecule has 0 spiro atoms. The van der Waals surface area contributed by atoms with Gasteiger partial charge in [-0.2, -0.15) is 0 Å². The third kappa shape index (κ3) is 4.44. The lowest BCUT2D eigenvalue weighted by Gasteiger charge is -2.21. The molecule has 0 heteroatoms. The van der Waals surface area contributed by atoms with Gasteiger partial charge >= 0.3 is 0 Å². The maximum absolute atomic E-state index is 2.39. The molecule has 0 N–H and O–H groups in total. The Morgan fingerprint density at radius 3 is 1.73 bits per heavy atom. The molecule has 0 aliphatic rings. The summed E-state index contributed by atoms with van der Waals surface area (Å²) >= 11 is 0. The summed E-state index contributed by atoms with van der Waals surface area (Å²) in [4.78, 5) is 0. The molecule has 0 aliphatic carbocycles. The van der Waals surface area contributed by atoms with Gasteiger partial charge in [0.15, 0.2) is 0 Å². The first-order chi connectivity index (χ1) is 5.11. The molecular formula is C11H24. The molecule has 0 aromatic heterocycles. The predicted molar refractivity (Wildman–Crippen MR) is 52.7 cm³/mol. The average Bonchev–Trinajstić information content (AvgIpc) is 2.02. The van der Waals surface area contributed by atoms with Crippen LogP contribution in [-0.4, -0.2) is 0 Å². The van der Waals surface area contributed by atoms with Crippen molar-refractivity contribution in [1.82, 2.24) is 0 Å². The summed E-state index contributed by atoms with van der Waals surface area (Å²) in [6, 6.07) is 0. The van der Waals surface area contributed by atoms with Crippen molar-refractivity contribution in [3.63, 3.8) is 0 Å². The fourth-order valence-corrected chi connectivity index (χ4v) is 1.44. The first kappa shape index (κ1) is 11.0. The van der Waals surface area contributed by atoms with Crippen molar-refractivity contribution in [1.29, 1.82) is 0 Å². The smallest absolute Gasteiger partial charge is 0.0415 e. The molecule has 0 aliphatic heterocycles. The molecule has 0 aromatic rings. The summed E-state index contributed by atoms with van der Waals surface area (Å²) in [6.07, 6.45) is 4.07. The van der Waals surface area contributed by atoms with E-state index in [0.29, 0.717) is 0 Å². The van der Waals surface area contributed by atoms with E-state index in [0.717, 1.165) is 17.8 Å². The Morgan fingerprint density at radius 2 is 1.36 bits per heavy atom. The molecule has 0 saturated carbocycles. The average molecular weight is 156 g/mol. The fourth-order valence-electron chi connectivity index (χ4n) is 1.44. The van der Waals surface area contributed by atoms with E-state index < -0.39 is 0 Å². The van der Waals surface area contributed by atoms with Gasteiger partial charge in [-0.05, 0) is 24.2 Å². The molecule has 0 fully saturated rings. The quantitative estimate of drug-likeness (QED) is 0.562. The van der Waals surface area contributed by atoms with Gasteiger partial charge in [-0.1, -0.05) is 47.5 Å². The van der Waals surface area contributed by atoms with Crippen molar-refractivity contribution in [2.75, 3.05) is 0 Å². The van der Waals surface area contributed by atoms with Crippen LogP contribution in [0.15, 0.2) is 0 Å². The van der Waals surface area contributed by atoms with E-state index in [4.69, 9.17) is 0 Å². The zero-order valence-corrected chi connectivity index (χ0v) is 8.85. The van der Waals surface area contributed by atoms with E-state index in [2.05, 4.69) is 34.6 Å². The zero-order valence-electron chi connectivity index (χ0n) is 8.85. The second-order valence-electron chi connectivity index (χ2n) is 4.11. The van der Waals surface area contributed by atoms with Crippen LogP contribution in [0.5, 0.6) is 0 Å². The Kier molecular flexibility index (Phi) is 5.62. The number of hydrogen-bond acceptors (Lipinski definition) is 0. The Hall–Kier alpha value is 0. The van der Waals surface area contributed by atoms with Gasteiger partial charge in [-0.25, -0.2) is 0 Å². The second-order valence-corrected chi connectivity index (χ2v) is 4.11. The summed E-state index contributed by atoms with van der Waals surface area (Å²) in [5.41, 5.74) is 0. The topological polar surface area (TPSA) is 0 Å². The number of hydrogen-bond donors (Lipinski definition) is 0. The van der Waals surface area contributed by atoms with E-state index in [-0.39, 0.29) is 0 Å². The van der Waals surface area contributed by atoms with Crippen molar-refractivity contribution in [3.8, 4) is 0 Å². The SMILES string of the molecule is CC[C@H](C)C[C@H](C)[C@@H](C)CC. The van der Waals surface area contributed by atoms with Gasteiger partial charge in [-0.3, -0.25) is 0 Å². The van der Waals surface area contributed by atoms with Gasteiger partial charge in [-0.15, -0.1) is 0 Å².